The zero-order valence-corrected chi connectivity index (χ0v) is 12.3. The van der Waals surface area contributed by atoms with Crippen molar-refractivity contribution in [2.24, 2.45) is 5.92 Å². The molecule has 1 aromatic heterocycles. The van der Waals surface area contributed by atoms with E-state index >= 15 is 0 Å². The Morgan fingerprint density at radius 3 is 2.63 bits per heavy atom. The first-order valence-corrected chi connectivity index (χ1v) is 7.08. The fraction of sp³-hybridized carbons (Fsp3) is 0.385. The minimum atomic E-state index is -0.500. The second kappa shape index (κ2) is 5.77. The molecule has 0 N–H and O–H groups in total. The maximum absolute atomic E-state index is 13.8. The molecule has 102 valence electrons. The minimum absolute atomic E-state index is 0.139. The van der Waals surface area contributed by atoms with Gasteiger partial charge in [0.1, 0.15) is 17.5 Å². The van der Waals surface area contributed by atoms with E-state index in [-0.39, 0.29) is 5.56 Å². The molecule has 6 heteroatoms. The SMILES string of the molecule is CC(C)Cn1c(CBr)nnc1-c1cc(F)ccc1F. The van der Waals surface area contributed by atoms with E-state index < -0.39 is 11.6 Å². The fourth-order valence-electron chi connectivity index (χ4n) is 1.86. The Labute approximate surface area is 118 Å². The summed E-state index contributed by atoms with van der Waals surface area (Å²) in [6, 6.07) is 3.34. The largest absolute Gasteiger partial charge is 0.310 e. The molecule has 0 radical (unpaired) electrons. The van der Waals surface area contributed by atoms with Gasteiger partial charge in [0.2, 0.25) is 0 Å². The van der Waals surface area contributed by atoms with Crippen LogP contribution in [0.4, 0.5) is 8.78 Å². The van der Waals surface area contributed by atoms with Gasteiger partial charge in [-0.15, -0.1) is 10.2 Å². The van der Waals surface area contributed by atoms with E-state index in [0.29, 0.717) is 29.4 Å². The summed E-state index contributed by atoms with van der Waals surface area (Å²) in [7, 11) is 0. The van der Waals surface area contributed by atoms with Gasteiger partial charge in [-0.3, -0.25) is 0 Å². The van der Waals surface area contributed by atoms with Crippen LogP contribution in [0.1, 0.15) is 19.7 Å². The van der Waals surface area contributed by atoms with Gasteiger partial charge in [0, 0.05) is 6.54 Å². The van der Waals surface area contributed by atoms with E-state index in [4.69, 9.17) is 0 Å². The highest BCUT2D eigenvalue weighted by Gasteiger charge is 2.17. The van der Waals surface area contributed by atoms with E-state index in [1.807, 2.05) is 18.4 Å². The summed E-state index contributed by atoms with van der Waals surface area (Å²) in [6.07, 6.45) is 0. The predicted molar refractivity (Wildman–Crippen MR) is 72.8 cm³/mol. The van der Waals surface area contributed by atoms with Crippen molar-refractivity contribution >= 4 is 15.9 Å². The third-order valence-corrected chi connectivity index (χ3v) is 3.17. The average molecular weight is 330 g/mol. The van der Waals surface area contributed by atoms with Crippen LogP contribution >= 0.6 is 15.9 Å². The van der Waals surface area contributed by atoms with Gasteiger partial charge < -0.3 is 4.57 Å². The maximum Gasteiger partial charge on any atom is 0.167 e. The molecule has 2 aromatic rings. The minimum Gasteiger partial charge on any atom is -0.310 e. The molecular weight excluding hydrogens is 316 g/mol. The van der Waals surface area contributed by atoms with Crippen molar-refractivity contribution < 1.29 is 8.78 Å². The van der Waals surface area contributed by atoms with Gasteiger partial charge in [-0.1, -0.05) is 29.8 Å². The van der Waals surface area contributed by atoms with Gasteiger partial charge in [0.05, 0.1) is 10.9 Å². The number of rotatable bonds is 4. The number of aromatic nitrogens is 3. The molecule has 0 aliphatic carbocycles. The van der Waals surface area contributed by atoms with Gasteiger partial charge in [0.25, 0.3) is 0 Å². The third kappa shape index (κ3) is 3.00. The Bertz CT molecular complexity index is 581. The van der Waals surface area contributed by atoms with Crippen LogP contribution in [0.5, 0.6) is 0 Å². The van der Waals surface area contributed by atoms with Gasteiger partial charge in [-0.05, 0) is 24.1 Å². The summed E-state index contributed by atoms with van der Waals surface area (Å²) < 4.78 is 28.9. The Morgan fingerprint density at radius 1 is 1.26 bits per heavy atom. The third-order valence-electron chi connectivity index (χ3n) is 2.66. The molecule has 0 saturated heterocycles. The molecule has 0 saturated carbocycles. The number of benzene rings is 1. The highest BCUT2D eigenvalue weighted by atomic mass is 79.9. The molecule has 0 fully saturated rings. The molecule has 0 aliphatic rings. The van der Waals surface area contributed by atoms with Gasteiger partial charge in [-0.2, -0.15) is 0 Å². The van der Waals surface area contributed by atoms with Crippen LogP contribution in [0.15, 0.2) is 18.2 Å². The first-order chi connectivity index (χ1) is 9.02. The monoisotopic (exact) mass is 329 g/mol. The molecule has 0 aliphatic heterocycles. The lowest BCUT2D eigenvalue weighted by atomic mass is 10.1. The molecule has 1 heterocycles. The van der Waals surface area contributed by atoms with Gasteiger partial charge >= 0.3 is 0 Å². The topological polar surface area (TPSA) is 30.7 Å². The average Bonchev–Trinajstić information content (AvgIpc) is 2.74. The predicted octanol–water partition coefficient (Wildman–Crippen LogP) is 3.77. The second-order valence-electron chi connectivity index (χ2n) is 4.70. The summed E-state index contributed by atoms with van der Waals surface area (Å²) in [5.74, 6) is 0.424. The first-order valence-electron chi connectivity index (χ1n) is 5.96. The van der Waals surface area contributed by atoms with Crippen molar-refractivity contribution in [3.05, 3.63) is 35.7 Å². The highest BCUT2D eigenvalue weighted by molar-refractivity contribution is 9.08. The maximum atomic E-state index is 13.8. The van der Waals surface area contributed by atoms with Crippen LogP contribution in [-0.2, 0) is 11.9 Å². The molecular formula is C13H14BrF2N3. The summed E-state index contributed by atoms with van der Waals surface area (Å²) in [4.78, 5) is 0. The molecule has 0 spiro atoms. The molecule has 0 amide bonds. The van der Waals surface area contributed by atoms with E-state index in [0.717, 1.165) is 18.2 Å². The first kappa shape index (κ1) is 14.1. The van der Waals surface area contributed by atoms with Crippen molar-refractivity contribution in [2.75, 3.05) is 0 Å². The van der Waals surface area contributed by atoms with Crippen molar-refractivity contribution in [1.29, 1.82) is 0 Å². The fourth-order valence-corrected chi connectivity index (χ4v) is 2.27. The van der Waals surface area contributed by atoms with Crippen LogP contribution in [0.25, 0.3) is 11.4 Å². The summed E-state index contributed by atoms with van der Waals surface area (Å²) >= 11 is 3.33. The molecule has 0 unspecified atom stereocenters. The number of hydrogen-bond acceptors (Lipinski definition) is 2. The van der Waals surface area contributed by atoms with Crippen molar-refractivity contribution in [3.8, 4) is 11.4 Å². The van der Waals surface area contributed by atoms with Crippen LogP contribution in [0.3, 0.4) is 0 Å². The zero-order chi connectivity index (χ0) is 14.0. The Morgan fingerprint density at radius 2 is 2.00 bits per heavy atom. The number of nitrogens with zero attached hydrogens (tertiary/aromatic N) is 3. The van der Waals surface area contributed by atoms with Gasteiger partial charge in [-0.25, -0.2) is 8.78 Å². The molecule has 1 aromatic carbocycles. The lowest BCUT2D eigenvalue weighted by molar-refractivity contribution is 0.514. The normalized spacial score (nSPS) is 11.3. The van der Waals surface area contributed by atoms with Crippen molar-refractivity contribution in [1.82, 2.24) is 14.8 Å². The number of halogens is 3. The summed E-state index contributed by atoms with van der Waals surface area (Å²) in [5, 5.41) is 8.52. The highest BCUT2D eigenvalue weighted by Crippen LogP contribution is 2.24. The Hall–Kier alpha value is -1.30. The van der Waals surface area contributed by atoms with E-state index in [2.05, 4.69) is 26.1 Å². The zero-order valence-electron chi connectivity index (χ0n) is 10.7. The summed E-state index contributed by atoms with van der Waals surface area (Å²) in [6.45, 7) is 4.74. The molecule has 2 rings (SSSR count). The smallest absolute Gasteiger partial charge is 0.167 e. The van der Waals surface area contributed by atoms with Crippen molar-refractivity contribution in [2.45, 2.75) is 25.7 Å². The van der Waals surface area contributed by atoms with E-state index in [1.54, 1.807) is 0 Å². The Balaban J connectivity index is 2.55. The standard InChI is InChI=1S/C13H14BrF2N3/c1-8(2)7-19-12(6-14)17-18-13(19)10-5-9(15)3-4-11(10)16/h3-5,8H,6-7H2,1-2H3. The number of alkyl halides is 1. The van der Waals surface area contributed by atoms with Crippen LogP contribution in [0.2, 0.25) is 0 Å². The van der Waals surface area contributed by atoms with E-state index in [1.165, 1.54) is 0 Å². The quantitative estimate of drug-likeness (QED) is 0.799. The Kier molecular flexibility index (Phi) is 4.29. The lowest BCUT2D eigenvalue weighted by Gasteiger charge is -2.12. The number of hydrogen-bond donors (Lipinski definition) is 0. The molecule has 0 bridgehead atoms. The van der Waals surface area contributed by atoms with Crippen molar-refractivity contribution in [3.63, 3.8) is 0 Å². The van der Waals surface area contributed by atoms with Gasteiger partial charge in [0.15, 0.2) is 5.82 Å². The van der Waals surface area contributed by atoms with Crippen LogP contribution in [-0.4, -0.2) is 14.8 Å². The van der Waals surface area contributed by atoms with Crippen LogP contribution < -0.4 is 0 Å². The lowest BCUT2D eigenvalue weighted by Crippen LogP contribution is -2.10. The molecule has 19 heavy (non-hydrogen) atoms. The summed E-state index contributed by atoms with van der Waals surface area (Å²) in [5.41, 5.74) is 0.139. The molecule has 0 atom stereocenters. The second-order valence-corrected chi connectivity index (χ2v) is 5.26. The molecule has 3 nitrogen and oxygen atoms in total. The van der Waals surface area contributed by atoms with Crippen LogP contribution in [0, 0.1) is 17.6 Å². The van der Waals surface area contributed by atoms with E-state index in [9.17, 15) is 8.78 Å².